The highest BCUT2D eigenvalue weighted by Crippen LogP contribution is 2.29. The maximum Gasteiger partial charge on any atom is 0.248 e. The summed E-state index contributed by atoms with van der Waals surface area (Å²) < 4.78 is 47.4. The number of likely N-dealkylation sites (tertiary alicyclic amines) is 1. The summed E-state index contributed by atoms with van der Waals surface area (Å²) in [5.74, 6) is -0.565. The summed E-state index contributed by atoms with van der Waals surface area (Å²) in [7, 11) is -3.89. The number of carbonyl (C=O) groups excluding carboxylic acids is 1. The van der Waals surface area contributed by atoms with Crippen molar-refractivity contribution in [2.45, 2.75) is 50.5 Å². The number of hydrogen-bond acceptors (Lipinski definition) is 6. The Morgan fingerprint density at radius 1 is 1.20 bits per heavy atom. The van der Waals surface area contributed by atoms with Gasteiger partial charge in [0.1, 0.15) is 11.5 Å². The number of sulfonamides is 1. The van der Waals surface area contributed by atoms with Gasteiger partial charge in [-0.15, -0.1) is 0 Å². The Morgan fingerprint density at radius 2 is 1.94 bits per heavy atom. The lowest BCUT2D eigenvalue weighted by atomic mass is 9.97. The van der Waals surface area contributed by atoms with E-state index >= 15 is 0 Å². The van der Waals surface area contributed by atoms with Crippen LogP contribution in [-0.2, 0) is 14.8 Å². The van der Waals surface area contributed by atoms with E-state index in [4.69, 9.17) is 4.52 Å². The van der Waals surface area contributed by atoms with Gasteiger partial charge >= 0.3 is 0 Å². The van der Waals surface area contributed by atoms with Gasteiger partial charge < -0.3 is 9.84 Å². The van der Waals surface area contributed by atoms with Crippen LogP contribution in [0.15, 0.2) is 33.7 Å². The lowest BCUT2D eigenvalue weighted by Gasteiger charge is -2.31. The summed E-state index contributed by atoms with van der Waals surface area (Å²) in [6.07, 6.45) is 6.06. The fraction of sp³-hybridized carbons (Fsp3) is 0.520. The Kier molecular flexibility index (Phi) is 8.03. The summed E-state index contributed by atoms with van der Waals surface area (Å²) in [5, 5.41) is 6.92. The van der Waals surface area contributed by atoms with Crippen molar-refractivity contribution < 1.29 is 22.1 Å². The van der Waals surface area contributed by atoms with E-state index in [0.717, 1.165) is 25.9 Å². The van der Waals surface area contributed by atoms with Crippen LogP contribution < -0.4 is 5.32 Å². The highest BCUT2D eigenvalue weighted by atomic mass is 32.2. The zero-order chi connectivity index (χ0) is 25.0. The molecule has 1 aromatic carbocycles. The van der Waals surface area contributed by atoms with Gasteiger partial charge in [-0.25, -0.2) is 12.8 Å². The summed E-state index contributed by atoms with van der Waals surface area (Å²) in [6.45, 7) is 6.89. The molecule has 2 aliphatic rings. The number of aryl methyl sites for hydroxylation is 1. The molecule has 190 valence electrons. The highest BCUT2D eigenvalue weighted by Gasteiger charge is 2.36. The van der Waals surface area contributed by atoms with Crippen LogP contribution in [0.4, 0.5) is 4.39 Å². The number of halogens is 1. The van der Waals surface area contributed by atoms with Crippen molar-refractivity contribution >= 4 is 28.1 Å². The molecular weight excluding hydrogens is 471 g/mol. The van der Waals surface area contributed by atoms with Gasteiger partial charge in [0.25, 0.3) is 0 Å². The van der Waals surface area contributed by atoms with E-state index in [1.54, 1.807) is 25.1 Å². The van der Waals surface area contributed by atoms with E-state index in [2.05, 4.69) is 22.3 Å². The molecule has 2 aliphatic heterocycles. The minimum atomic E-state index is -3.89. The van der Waals surface area contributed by atoms with Gasteiger partial charge in [-0.05, 0) is 63.9 Å². The van der Waals surface area contributed by atoms with E-state index in [9.17, 15) is 17.6 Å². The SMILES string of the molecule is CCN1CCCC1CNC(=O)C1CCN(S(=O)(=O)c2c(C)noc2C=Cc2ccccc2F)CC1. The van der Waals surface area contributed by atoms with Crippen molar-refractivity contribution in [3.05, 3.63) is 47.1 Å². The fourth-order valence-corrected chi connectivity index (χ4v) is 6.69. The van der Waals surface area contributed by atoms with Gasteiger partial charge in [0.2, 0.25) is 15.9 Å². The first-order valence-corrected chi connectivity index (χ1v) is 13.7. The van der Waals surface area contributed by atoms with Gasteiger partial charge in [-0.1, -0.05) is 30.3 Å². The Hall–Kier alpha value is -2.56. The number of rotatable bonds is 8. The predicted molar refractivity (Wildman–Crippen MR) is 131 cm³/mol. The van der Waals surface area contributed by atoms with Crippen LogP contribution >= 0.6 is 0 Å². The van der Waals surface area contributed by atoms with Crippen LogP contribution in [0, 0.1) is 18.7 Å². The first kappa shape index (κ1) is 25.5. The van der Waals surface area contributed by atoms with Crippen LogP contribution in [0.1, 0.15) is 49.6 Å². The van der Waals surface area contributed by atoms with Crippen molar-refractivity contribution in [2.75, 3.05) is 32.7 Å². The summed E-state index contributed by atoms with van der Waals surface area (Å²) in [6, 6.07) is 6.58. The molecule has 1 N–H and O–H groups in total. The molecule has 0 saturated carbocycles. The predicted octanol–water partition coefficient (Wildman–Crippen LogP) is 3.29. The first-order chi connectivity index (χ1) is 16.8. The molecule has 2 fully saturated rings. The van der Waals surface area contributed by atoms with E-state index in [1.807, 2.05) is 0 Å². The molecule has 4 rings (SSSR count). The maximum atomic E-state index is 13.9. The number of hydrogen-bond donors (Lipinski definition) is 1. The molecule has 0 spiro atoms. The third kappa shape index (κ3) is 5.65. The summed E-state index contributed by atoms with van der Waals surface area (Å²) >= 11 is 0. The van der Waals surface area contributed by atoms with Gasteiger partial charge in [0.05, 0.1) is 0 Å². The van der Waals surface area contributed by atoms with Crippen LogP contribution in [0.25, 0.3) is 12.2 Å². The van der Waals surface area contributed by atoms with E-state index in [-0.39, 0.29) is 41.3 Å². The summed E-state index contributed by atoms with van der Waals surface area (Å²) in [5.41, 5.74) is 0.562. The molecule has 1 unspecified atom stereocenters. The second kappa shape index (κ2) is 11.0. The van der Waals surface area contributed by atoms with Gasteiger partial charge in [-0.2, -0.15) is 4.31 Å². The Bertz CT molecular complexity index is 1170. The van der Waals surface area contributed by atoms with Gasteiger partial charge in [0, 0.05) is 37.2 Å². The second-order valence-electron chi connectivity index (χ2n) is 9.16. The molecule has 1 aromatic heterocycles. The Balaban J connectivity index is 1.39. The topological polar surface area (TPSA) is 95.8 Å². The van der Waals surface area contributed by atoms with E-state index in [0.29, 0.717) is 31.0 Å². The van der Waals surface area contributed by atoms with Crippen LogP contribution in [-0.4, -0.2) is 67.5 Å². The second-order valence-corrected chi connectivity index (χ2v) is 11.0. The molecule has 0 bridgehead atoms. The molecule has 8 nitrogen and oxygen atoms in total. The third-order valence-corrected chi connectivity index (χ3v) is 9.05. The average molecular weight is 505 g/mol. The number of nitrogens with zero attached hydrogens (tertiary/aromatic N) is 3. The molecular formula is C25H33FN4O4S. The number of nitrogens with one attached hydrogen (secondary N) is 1. The van der Waals surface area contributed by atoms with Crippen molar-refractivity contribution in [1.82, 2.24) is 19.7 Å². The third-order valence-electron chi connectivity index (χ3n) is 6.99. The first-order valence-electron chi connectivity index (χ1n) is 12.2. The summed E-state index contributed by atoms with van der Waals surface area (Å²) in [4.78, 5) is 15.1. The van der Waals surface area contributed by atoms with Crippen LogP contribution in [0.2, 0.25) is 0 Å². The number of amides is 1. The molecule has 0 radical (unpaired) electrons. The fourth-order valence-electron chi connectivity index (χ4n) is 4.97. The molecule has 1 amide bonds. The minimum absolute atomic E-state index is 0.000306. The molecule has 2 saturated heterocycles. The minimum Gasteiger partial charge on any atom is -0.355 e. The van der Waals surface area contributed by atoms with E-state index < -0.39 is 15.8 Å². The van der Waals surface area contributed by atoms with Crippen molar-refractivity contribution in [2.24, 2.45) is 5.92 Å². The number of piperidine rings is 1. The number of aromatic nitrogens is 1. The van der Waals surface area contributed by atoms with E-state index in [1.165, 1.54) is 22.5 Å². The van der Waals surface area contributed by atoms with Crippen molar-refractivity contribution in [1.29, 1.82) is 0 Å². The van der Waals surface area contributed by atoms with Crippen LogP contribution in [0.5, 0.6) is 0 Å². The Morgan fingerprint density at radius 3 is 2.66 bits per heavy atom. The smallest absolute Gasteiger partial charge is 0.248 e. The monoisotopic (exact) mass is 504 g/mol. The maximum absolute atomic E-state index is 13.9. The van der Waals surface area contributed by atoms with Gasteiger partial charge in [-0.3, -0.25) is 9.69 Å². The number of benzene rings is 1. The zero-order valence-corrected chi connectivity index (χ0v) is 21.1. The van der Waals surface area contributed by atoms with Crippen molar-refractivity contribution in [3.63, 3.8) is 0 Å². The average Bonchev–Trinajstić information content (AvgIpc) is 3.48. The lowest BCUT2D eigenvalue weighted by Crippen LogP contribution is -2.46. The van der Waals surface area contributed by atoms with Crippen LogP contribution in [0.3, 0.4) is 0 Å². The molecule has 0 aliphatic carbocycles. The molecule has 1 atom stereocenters. The highest BCUT2D eigenvalue weighted by molar-refractivity contribution is 7.89. The quantitative estimate of drug-likeness (QED) is 0.593. The van der Waals surface area contributed by atoms with Crippen molar-refractivity contribution in [3.8, 4) is 0 Å². The zero-order valence-electron chi connectivity index (χ0n) is 20.2. The molecule has 3 heterocycles. The normalized spacial score (nSPS) is 20.6. The standard InChI is InChI=1S/C25H33FN4O4S/c1-3-29-14-6-8-21(29)17-27-25(31)20-12-15-30(16-13-20)35(32,33)24-18(2)28-34-23(24)11-10-19-7-4-5-9-22(19)26/h4-5,7,9-11,20-21H,3,6,8,12-17H2,1-2H3,(H,27,31). The number of carbonyl (C=O) groups is 1. The largest absolute Gasteiger partial charge is 0.355 e. The molecule has 35 heavy (non-hydrogen) atoms. The molecule has 2 aromatic rings. The number of likely N-dealkylation sites (N-methyl/N-ethyl adjacent to an activating group) is 1. The Labute approximate surface area is 206 Å². The van der Waals surface area contributed by atoms with Gasteiger partial charge in [0.15, 0.2) is 10.7 Å². The lowest BCUT2D eigenvalue weighted by molar-refractivity contribution is -0.126. The molecule has 10 heteroatoms.